The molecule has 2 atom stereocenters. The van der Waals surface area contributed by atoms with Gasteiger partial charge in [-0.25, -0.2) is 5.43 Å². The lowest BCUT2D eigenvalue weighted by atomic mass is 9.80. The van der Waals surface area contributed by atoms with E-state index in [0.717, 1.165) is 32.6 Å². The molecule has 5 N–H and O–H groups in total. The van der Waals surface area contributed by atoms with Crippen molar-refractivity contribution in [2.24, 2.45) is 11.3 Å². The van der Waals surface area contributed by atoms with Crippen molar-refractivity contribution in [2.45, 2.75) is 45.8 Å². The molecule has 0 saturated carbocycles. The highest BCUT2D eigenvalue weighted by molar-refractivity contribution is 5.83. The standard InChI is InChI=1S/C16H35N5O2/c1-5-20(11-8-18-4)10-7-16(2,3)14(19-17)15(23)21-9-6-13(22)12-21/h13-14,18-19,22H,5-12,17H2,1-4H3. The molecule has 1 amide bonds. The van der Waals surface area contributed by atoms with E-state index in [4.69, 9.17) is 5.84 Å². The number of aliphatic hydroxyl groups is 1. The molecule has 7 nitrogen and oxygen atoms in total. The van der Waals surface area contributed by atoms with Crippen LogP contribution in [0.2, 0.25) is 0 Å². The number of β-amino-alcohol motifs (C(OH)–C–C–N with tert-alkyl or cyclic N) is 1. The molecule has 136 valence electrons. The van der Waals surface area contributed by atoms with Crippen LogP contribution in [0, 0.1) is 5.41 Å². The van der Waals surface area contributed by atoms with Gasteiger partial charge >= 0.3 is 0 Å². The fraction of sp³-hybridized carbons (Fsp3) is 0.938. The van der Waals surface area contributed by atoms with Crippen molar-refractivity contribution in [3.63, 3.8) is 0 Å². The largest absolute Gasteiger partial charge is 0.391 e. The zero-order chi connectivity index (χ0) is 17.5. The summed E-state index contributed by atoms with van der Waals surface area (Å²) >= 11 is 0. The Morgan fingerprint density at radius 3 is 2.65 bits per heavy atom. The number of hydrogen-bond acceptors (Lipinski definition) is 6. The van der Waals surface area contributed by atoms with Crippen molar-refractivity contribution >= 4 is 5.91 Å². The van der Waals surface area contributed by atoms with Gasteiger partial charge in [-0.05, 0) is 38.4 Å². The molecule has 0 spiro atoms. The van der Waals surface area contributed by atoms with Crippen LogP contribution in [-0.2, 0) is 4.79 Å². The summed E-state index contributed by atoms with van der Waals surface area (Å²) in [5.74, 6) is 5.69. The Morgan fingerprint density at radius 2 is 2.17 bits per heavy atom. The molecule has 0 aromatic carbocycles. The Labute approximate surface area is 140 Å². The van der Waals surface area contributed by atoms with Crippen LogP contribution in [-0.4, -0.2) is 79.3 Å². The number of nitrogens with one attached hydrogen (secondary N) is 2. The summed E-state index contributed by atoms with van der Waals surface area (Å²) in [5, 5.41) is 12.8. The molecule has 7 heteroatoms. The monoisotopic (exact) mass is 329 g/mol. The maximum absolute atomic E-state index is 12.7. The Kier molecular flexibility index (Phi) is 8.42. The minimum absolute atomic E-state index is 0.00711. The Hall–Kier alpha value is -0.730. The fourth-order valence-corrected chi connectivity index (χ4v) is 3.04. The van der Waals surface area contributed by atoms with E-state index in [9.17, 15) is 9.90 Å². The highest BCUT2D eigenvalue weighted by atomic mass is 16.3. The number of hydrazine groups is 1. The Bertz CT molecular complexity index is 364. The first kappa shape index (κ1) is 20.3. The van der Waals surface area contributed by atoms with E-state index in [0.29, 0.717) is 19.5 Å². The molecule has 0 bridgehead atoms. The number of hydrogen-bond donors (Lipinski definition) is 4. The molecule has 0 aliphatic carbocycles. The van der Waals surface area contributed by atoms with E-state index in [1.54, 1.807) is 4.90 Å². The summed E-state index contributed by atoms with van der Waals surface area (Å²) in [4.78, 5) is 16.8. The molecule has 0 radical (unpaired) electrons. The topological polar surface area (TPSA) is 93.9 Å². The van der Waals surface area contributed by atoms with Gasteiger partial charge in [0, 0.05) is 26.2 Å². The summed E-state index contributed by atoms with van der Waals surface area (Å²) in [6.07, 6.45) is 1.12. The molecule has 1 aliphatic heterocycles. The Morgan fingerprint density at radius 1 is 1.48 bits per heavy atom. The van der Waals surface area contributed by atoms with Crippen molar-refractivity contribution in [1.29, 1.82) is 0 Å². The minimum atomic E-state index is -0.434. The quantitative estimate of drug-likeness (QED) is 0.315. The van der Waals surface area contributed by atoms with Crippen LogP contribution in [0.15, 0.2) is 0 Å². The molecule has 1 saturated heterocycles. The average molecular weight is 329 g/mol. The van der Waals surface area contributed by atoms with E-state index in [2.05, 4.69) is 36.4 Å². The lowest BCUT2D eigenvalue weighted by Crippen LogP contribution is -2.56. The number of nitrogens with zero attached hydrogens (tertiary/aromatic N) is 2. The van der Waals surface area contributed by atoms with Crippen molar-refractivity contribution in [1.82, 2.24) is 20.5 Å². The number of likely N-dealkylation sites (tertiary alicyclic amines) is 1. The number of carbonyl (C=O) groups is 1. The summed E-state index contributed by atoms with van der Waals surface area (Å²) in [6.45, 7) is 11.2. The molecule has 1 heterocycles. The molecule has 0 aromatic heterocycles. The highest BCUT2D eigenvalue weighted by Gasteiger charge is 2.38. The third-order valence-corrected chi connectivity index (χ3v) is 4.87. The van der Waals surface area contributed by atoms with Crippen LogP contribution < -0.4 is 16.6 Å². The van der Waals surface area contributed by atoms with Gasteiger partial charge in [0.25, 0.3) is 0 Å². The number of aliphatic hydroxyl groups excluding tert-OH is 1. The van der Waals surface area contributed by atoms with Crippen LogP contribution in [0.1, 0.15) is 33.6 Å². The fourth-order valence-electron chi connectivity index (χ4n) is 3.04. The summed E-state index contributed by atoms with van der Waals surface area (Å²) < 4.78 is 0. The van der Waals surface area contributed by atoms with Gasteiger partial charge in [-0.1, -0.05) is 20.8 Å². The highest BCUT2D eigenvalue weighted by Crippen LogP contribution is 2.27. The normalized spacial score (nSPS) is 20.3. The number of rotatable bonds is 10. The molecule has 1 fully saturated rings. The third kappa shape index (κ3) is 6.00. The SMILES string of the molecule is CCN(CCNC)CCC(C)(C)C(NN)C(=O)N1CCC(O)C1. The molecule has 1 rings (SSSR count). The predicted octanol–water partition coefficient (Wildman–Crippen LogP) is -0.631. The van der Waals surface area contributed by atoms with E-state index in [1.807, 2.05) is 7.05 Å². The molecule has 0 aromatic rings. The molecule has 23 heavy (non-hydrogen) atoms. The lowest BCUT2D eigenvalue weighted by Gasteiger charge is -2.36. The number of nitrogens with two attached hydrogens (primary N) is 1. The van der Waals surface area contributed by atoms with Crippen molar-refractivity contribution in [3.8, 4) is 0 Å². The van der Waals surface area contributed by atoms with E-state index in [1.165, 1.54) is 0 Å². The van der Waals surface area contributed by atoms with Gasteiger partial charge in [0.1, 0.15) is 6.04 Å². The van der Waals surface area contributed by atoms with Gasteiger partial charge in [-0.3, -0.25) is 10.6 Å². The van der Waals surface area contributed by atoms with Crippen molar-refractivity contribution in [3.05, 3.63) is 0 Å². The van der Waals surface area contributed by atoms with Crippen LogP contribution >= 0.6 is 0 Å². The second-order valence-electron chi connectivity index (χ2n) is 7.10. The van der Waals surface area contributed by atoms with Gasteiger partial charge in [-0.15, -0.1) is 0 Å². The van der Waals surface area contributed by atoms with E-state index < -0.39 is 12.1 Å². The molecule has 1 aliphatic rings. The van der Waals surface area contributed by atoms with Crippen LogP contribution in [0.5, 0.6) is 0 Å². The second-order valence-corrected chi connectivity index (χ2v) is 7.10. The Balaban J connectivity index is 2.61. The van der Waals surface area contributed by atoms with Crippen molar-refractivity contribution < 1.29 is 9.90 Å². The van der Waals surface area contributed by atoms with Gasteiger partial charge in [-0.2, -0.15) is 0 Å². The van der Waals surface area contributed by atoms with E-state index >= 15 is 0 Å². The van der Waals surface area contributed by atoms with E-state index in [-0.39, 0.29) is 11.3 Å². The minimum Gasteiger partial charge on any atom is -0.391 e. The average Bonchev–Trinajstić information content (AvgIpc) is 2.94. The number of amides is 1. The van der Waals surface area contributed by atoms with Gasteiger partial charge in [0.05, 0.1) is 6.10 Å². The predicted molar refractivity (Wildman–Crippen MR) is 92.8 cm³/mol. The van der Waals surface area contributed by atoms with Crippen LogP contribution in [0.3, 0.4) is 0 Å². The molecule has 2 unspecified atom stereocenters. The van der Waals surface area contributed by atoms with Crippen molar-refractivity contribution in [2.75, 3.05) is 46.3 Å². The first-order valence-electron chi connectivity index (χ1n) is 8.65. The molecular formula is C16H35N5O2. The number of carbonyl (C=O) groups excluding carboxylic acids is 1. The summed E-state index contributed by atoms with van der Waals surface area (Å²) in [7, 11) is 1.95. The first-order chi connectivity index (χ1) is 10.9. The maximum Gasteiger partial charge on any atom is 0.241 e. The van der Waals surface area contributed by atoms with Crippen LogP contribution in [0.25, 0.3) is 0 Å². The second kappa shape index (κ2) is 9.54. The summed E-state index contributed by atoms with van der Waals surface area (Å²) in [5.41, 5.74) is 2.46. The summed E-state index contributed by atoms with van der Waals surface area (Å²) in [6, 6.07) is -0.434. The first-order valence-corrected chi connectivity index (χ1v) is 8.65. The zero-order valence-corrected chi connectivity index (χ0v) is 15.1. The number of likely N-dealkylation sites (N-methyl/N-ethyl adjacent to an activating group) is 2. The third-order valence-electron chi connectivity index (χ3n) is 4.87. The van der Waals surface area contributed by atoms with Crippen LogP contribution in [0.4, 0.5) is 0 Å². The van der Waals surface area contributed by atoms with Gasteiger partial charge < -0.3 is 20.2 Å². The lowest BCUT2D eigenvalue weighted by molar-refractivity contribution is -0.136. The van der Waals surface area contributed by atoms with Gasteiger partial charge in [0.2, 0.25) is 5.91 Å². The van der Waals surface area contributed by atoms with Gasteiger partial charge in [0.15, 0.2) is 0 Å². The smallest absolute Gasteiger partial charge is 0.241 e. The maximum atomic E-state index is 12.7. The zero-order valence-electron chi connectivity index (χ0n) is 15.1. The molecular weight excluding hydrogens is 294 g/mol.